The van der Waals surface area contributed by atoms with Gasteiger partial charge in [-0.2, -0.15) is 11.8 Å². The van der Waals surface area contributed by atoms with Gasteiger partial charge in [-0.1, -0.05) is 34.1 Å². The Labute approximate surface area is 369 Å². The summed E-state index contributed by atoms with van der Waals surface area (Å²) in [6, 6.07) is -9.34. The number of rotatable bonds is 31. The van der Waals surface area contributed by atoms with E-state index in [-0.39, 0.29) is 44.6 Å². The maximum atomic E-state index is 14.1. The SMILES string of the molecule is CC[C@H](C)[C@H](NC(=O)[C@H](Cc1cnc[nH]1)NC(=O)[C@H](CCCN=C(N)N)NC(=O)[C@H](CCC(=O)O)NC(=O)[C@@H](NC(=O)[C@@H](N)CCSC)C(C)C)C(=O)N[C@@H](CCC(N)=O)C(=O)O. The third kappa shape index (κ3) is 21.1. The first kappa shape index (κ1) is 55.0. The highest BCUT2D eigenvalue weighted by atomic mass is 32.2. The fraction of sp³-hybridized carbons (Fsp3) is 0.658. The summed E-state index contributed by atoms with van der Waals surface area (Å²) in [5.74, 6) is -9.27. The van der Waals surface area contributed by atoms with E-state index in [1.807, 2.05) is 6.26 Å². The van der Waals surface area contributed by atoms with Crippen LogP contribution in [0.1, 0.15) is 84.8 Å². The summed E-state index contributed by atoms with van der Waals surface area (Å²) in [6.45, 7) is 6.67. The van der Waals surface area contributed by atoms with Gasteiger partial charge in [0.1, 0.15) is 36.3 Å². The number of nitrogens with two attached hydrogens (primary N) is 4. The maximum Gasteiger partial charge on any atom is 0.326 e. The van der Waals surface area contributed by atoms with Crippen LogP contribution in [0.15, 0.2) is 17.5 Å². The first-order chi connectivity index (χ1) is 29.6. The minimum absolute atomic E-state index is 0.0105. The summed E-state index contributed by atoms with van der Waals surface area (Å²) in [5, 5.41) is 34.3. The average Bonchev–Trinajstić information content (AvgIpc) is 3.73. The van der Waals surface area contributed by atoms with E-state index in [0.29, 0.717) is 24.3 Å². The summed E-state index contributed by atoms with van der Waals surface area (Å²) < 4.78 is 0. The lowest BCUT2D eigenvalue weighted by Gasteiger charge is -2.29. The fourth-order valence-electron chi connectivity index (χ4n) is 5.87. The smallest absolute Gasteiger partial charge is 0.326 e. The number of aliphatic carboxylic acids is 2. The van der Waals surface area contributed by atoms with Crippen LogP contribution in [0.25, 0.3) is 0 Å². The van der Waals surface area contributed by atoms with Crippen LogP contribution in [0, 0.1) is 11.8 Å². The van der Waals surface area contributed by atoms with Gasteiger partial charge < -0.3 is 70.0 Å². The van der Waals surface area contributed by atoms with E-state index >= 15 is 0 Å². The van der Waals surface area contributed by atoms with Crippen LogP contribution in [0.2, 0.25) is 0 Å². The van der Waals surface area contributed by atoms with Crippen LogP contribution in [0.5, 0.6) is 0 Å². The van der Waals surface area contributed by atoms with E-state index in [1.165, 1.54) is 24.3 Å². The van der Waals surface area contributed by atoms with E-state index < -0.39 is 120 Å². The molecule has 1 aromatic heterocycles. The number of H-pyrrole nitrogens is 1. The second kappa shape index (κ2) is 28.6. The summed E-state index contributed by atoms with van der Waals surface area (Å²) in [6.07, 6.45) is 3.35. The van der Waals surface area contributed by atoms with Gasteiger partial charge in [0, 0.05) is 37.7 Å². The summed E-state index contributed by atoms with van der Waals surface area (Å²) in [4.78, 5) is 128. The third-order valence-electron chi connectivity index (χ3n) is 9.77. The van der Waals surface area contributed by atoms with Crippen molar-refractivity contribution in [2.75, 3.05) is 18.6 Å². The molecular formula is C38H65N13O11S. The number of thioether (sulfide) groups is 1. The molecule has 17 N–H and O–H groups in total. The van der Waals surface area contributed by atoms with Crippen molar-refractivity contribution in [3.8, 4) is 0 Å². The quantitative estimate of drug-likeness (QED) is 0.0199. The van der Waals surface area contributed by atoms with Gasteiger partial charge >= 0.3 is 11.9 Å². The Bertz CT molecular complexity index is 1730. The largest absolute Gasteiger partial charge is 0.481 e. The number of nitrogens with zero attached hydrogens (tertiary/aromatic N) is 2. The molecule has 1 aromatic rings. The van der Waals surface area contributed by atoms with Gasteiger partial charge in [0.2, 0.25) is 41.4 Å². The third-order valence-corrected chi connectivity index (χ3v) is 10.4. The lowest BCUT2D eigenvalue weighted by molar-refractivity contribution is -0.143. The summed E-state index contributed by atoms with van der Waals surface area (Å²) in [7, 11) is 0. The molecule has 354 valence electrons. The zero-order valence-electron chi connectivity index (χ0n) is 36.3. The molecule has 25 heteroatoms. The summed E-state index contributed by atoms with van der Waals surface area (Å²) in [5.41, 5.74) is 22.5. The number of aromatic amines is 1. The molecule has 1 rings (SSSR count). The van der Waals surface area contributed by atoms with Crippen LogP contribution in [0.4, 0.5) is 0 Å². The van der Waals surface area contributed by atoms with Crippen molar-refractivity contribution >= 4 is 71.0 Å². The molecule has 0 unspecified atom stereocenters. The van der Waals surface area contributed by atoms with Gasteiger partial charge in [0.15, 0.2) is 5.96 Å². The Kier molecular flexibility index (Phi) is 25.0. The highest BCUT2D eigenvalue weighted by molar-refractivity contribution is 7.98. The molecule has 0 radical (unpaired) electrons. The van der Waals surface area contributed by atoms with Crippen molar-refractivity contribution < 1.29 is 53.4 Å². The molecule has 1 heterocycles. The Balaban J connectivity index is 3.52. The lowest BCUT2D eigenvalue weighted by atomic mass is 9.96. The van der Waals surface area contributed by atoms with E-state index in [4.69, 9.17) is 22.9 Å². The summed E-state index contributed by atoms with van der Waals surface area (Å²) >= 11 is 1.48. The van der Waals surface area contributed by atoms with Gasteiger partial charge in [-0.25, -0.2) is 9.78 Å². The predicted octanol–water partition coefficient (Wildman–Crippen LogP) is -3.09. The number of aliphatic imine (C=N–C) groups is 1. The second-order valence-corrected chi connectivity index (χ2v) is 16.2. The topological polar surface area (TPSA) is 411 Å². The minimum atomic E-state index is -1.53. The first-order valence-corrected chi connectivity index (χ1v) is 21.8. The number of amides is 7. The molecule has 7 amide bonds. The molecule has 24 nitrogen and oxygen atoms in total. The zero-order chi connectivity index (χ0) is 47.8. The standard InChI is InChI=1S/C38H65N13O11S/c1-6-20(4)30(36(60)48-25(37(61)62)9-11-27(40)52)51-34(58)26(16-21-17-43-18-45-21)49-32(56)23(8-7-14-44-38(41)42)46-33(57)24(10-12-28(53)54)47-35(59)29(19(2)3)50-31(55)22(39)13-15-63-5/h17-20,22-26,29-30H,6-16,39H2,1-5H3,(H2,40,52)(H,43,45)(H,46,57)(H,47,59)(H,48,60)(H,49,56)(H,50,55)(H,51,58)(H,53,54)(H,61,62)(H4,41,42,44)/t20-,22-,23-,24-,25-,26-,29-,30-/m0/s1. The minimum Gasteiger partial charge on any atom is -0.481 e. The molecule has 0 aromatic carbocycles. The molecule has 0 saturated carbocycles. The first-order valence-electron chi connectivity index (χ1n) is 20.4. The normalized spacial score (nSPS) is 14.8. The number of carbonyl (C=O) groups excluding carboxylic acids is 7. The number of guanidine groups is 1. The van der Waals surface area contributed by atoms with Crippen LogP contribution < -0.4 is 54.8 Å². The molecule has 63 heavy (non-hydrogen) atoms. The Morgan fingerprint density at radius 2 is 1.27 bits per heavy atom. The lowest BCUT2D eigenvalue weighted by Crippen LogP contribution is -2.61. The second-order valence-electron chi connectivity index (χ2n) is 15.2. The van der Waals surface area contributed by atoms with Crippen molar-refractivity contribution in [2.24, 2.45) is 39.8 Å². The number of imidazole rings is 1. The molecular weight excluding hydrogens is 847 g/mol. The van der Waals surface area contributed by atoms with Crippen molar-refractivity contribution in [1.29, 1.82) is 0 Å². The molecule has 0 fully saturated rings. The van der Waals surface area contributed by atoms with Crippen molar-refractivity contribution in [2.45, 2.75) is 128 Å². The number of nitrogens with one attached hydrogen (secondary N) is 7. The molecule has 0 bridgehead atoms. The molecule has 0 saturated heterocycles. The number of hydrogen-bond donors (Lipinski definition) is 13. The molecule has 0 aliphatic rings. The van der Waals surface area contributed by atoms with Crippen molar-refractivity contribution in [1.82, 2.24) is 41.9 Å². The highest BCUT2D eigenvalue weighted by Gasteiger charge is 2.36. The highest BCUT2D eigenvalue weighted by Crippen LogP contribution is 2.13. The zero-order valence-corrected chi connectivity index (χ0v) is 37.1. The number of carboxylic acid groups (broad SMARTS) is 2. The van der Waals surface area contributed by atoms with Gasteiger partial charge in [0.05, 0.1) is 12.4 Å². The average molecular weight is 912 g/mol. The number of aromatic nitrogens is 2. The maximum absolute atomic E-state index is 14.1. The Hall–Kier alpha value is -5.98. The van der Waals surface area contributed by atoms with Crippen LogP contribution >= 0.6 is 11.8 Å². The number of carbonyl (C=O) groups is 9. The van der Waals surface area contributed by atoms with Crippen molar-refractivity contribution in [3.05, 3.63) is 18.2 Å². The monoisotopic (exact) mass is 911 g/mol. The number of carboxylic acids is 2. The van der Waals surface area contributed by atoms with Crippen LogP contribution in [-0.2, 0) is 49.6 Å². The predicted molar refractivity (Wildman–Crippen MR) is 232 cm³/mol. The van der Waals surface area contributed by atoms with Crippen LogP contribution in [0.3, 0.4) is 0 Å². The number of hydrogen-bond acceptors (Lipinski definition) is 13. The molecule has 0 aliphatic heterocycles. The van der Waals surface area contributed by atoms with E-state index in [2.05, 4.69) is 46.9 Å². The number of primary amides is 1. The molecule has 8 atom stereocenters. The van der Waals surface area contributed by atoms with E-state index in [1.54, 1.807) is 27.7 Å². The van der Waals surface area contributed by atoms with E-state index in [9.17, 15) is 53.4 Å². The van der Waals surface area contributed by atoms with Crippen molar-refractivity contribution in [3.63, 3.8) is 0 Å². The van der Waals surface area contributed by atoms with Gasteiger partial charge in [-0.3, -0.25) is 43.3 Å². The fourth-order valence-corrected chi connectivity index (χ4v) is 6.36. The molecule has 0 spiro atoms. The van der Waals surface area contributed by atoms with Gasteiger partial charge in [0.25, 0.3) is 0 Å². The van der Waals surface area contributed by atoms with Gasteiger partial charge in [-0.05, 0) is 55.9 Å². The molecule has 0 aliphatic carbocycles. The van der Waals surface area contributed by atoms with Crippen LogP contribution in [-0.4, -0.2) is 140 Å². The Morgan fingerprint density at radius 1 is 0.730 bits per heavy atom. The van der Waals surface area contributed by atoms with E-state index in [0.717, 1.165) is 0 Å². The van der Waals surface area contributed by atoms with Gasteiger partial charge in [-0.15, -0.1) is 0 Å². The Morgan fingerprint density at radius 3 is 1.79 bits per heavy atom.